The van der Waals surface area contributed by atoms with Crippen LogP contribution in [0, 0.1) is 0 Å². The molecule has 1 aliphatic rings. The molecule has 0 aromatic heterocycles. The first kappa shape index (κ1) is 8.29. The van der Waals surface area contributed by atoms with Crippen LogP contribution in [-0.2, 0) is 4.74 Å². The Kier molecular flexibility index (Phi) is 2.67. The van der Waals surface area contributed by atoms with Crippen molar-refractivity contribution in [3.05, 3.63) is 0 Å². The molecule has 1 amide bonds. The van der Waals surface area contributed by atoms with Crippen LogP contribution in [0.4, 0.5) is 4.79 Å². The van der Waals surface area contributed by atoms with Crippen molar-refractivity contribution in [1.29, 1.82) is 0 Å². The first-order valence-corrected chi connectivity index (χ1v) is 3.52. The van der Waals surface area contributed by atoms with Gasteiger partial charge in [0.2, 0.25) is 0 Å². The van der Waals surface area contributed by atoms with Crippen LogP contribution in [0.5, 0.6) is 0 Å². The molecule has 0 aromatic rings. The highest BCUT2D eigenvalue weighted by Crippen LogP contribution is 2.08. The van der Waals surface area contributed by atoms with E-state index >= 15 is 0 Å². The SMILES string of the molecule is O=C(OC(O)O)N1CCCC1. The molecule has 0 atom stereocenters. The Morgan fingerprint density at radius 3 is 2.36 bits per heavy atom. The predicted molar refractivity (Wildman–Crippen MR) is 35.5 cm³/mol. The Morgan fingerprint density at radius 1 is 1.36 bits per heavy atom. The summed E-state index contributed by atoms with van der Waals surface area (Å²) in [4.78, 5) is 12.3. The average Bonchev–Trinajstić information content (AvgIpc) is 2.35. The van der Waals surface area contributed by atoms with Gasteiger partial charge in [-0.15, -0.1) is 0 Å². The number of ether oxygens (including phenoxy) is 1. The molecule has 0 aromatic carbocycles. The van der Waals surface area contributed by atoms with E-state index in [2.05, 4.69) is 4.74 Å². The van der Waals surface area contributed by atoms with Crippen molar-refractivity contribution in [2.45, 2.75) is 19.3 Å². The molecular formula is C6H11NO4. The van der Waals surface area contributed by atoms with Crippen LogP contribution in [0.1, 0.15) is 12.8 Å². The minimum absolute atomic E-state index is 0.644. The zero-order chi connectivity index (χ0) is 8.27. The lowest BCUT2D eigenvalue weighted by atomic mass is 10.4. The predicted octanol–water partition coefficient (Wildman–Crippen LogP) is -0.513. The zero-order valence-corrected chi connectivity index (χ0v) is 6.06. The van der Waals surface area contributed by atoms with E-state index in [-0.39, 0.29) is 0 Å². The third-order valence-corrected chi connectivity index (χ3v) is 1.57. The second-order valence-corrected chi connectivity index (χ2v) is 2.40. The Labute approximate surface area is 64.2 Å². The average molecular weight is 161 g/mol. The summed E-state index contributed by atoms with van der Waals surface area (Å²) < 4.78 is 4.13. The summed E-state index contributed by atoms with van der Waals surface area (Å²) in [5.74, 6) is 0. The normalized spacial score (nSPS) is 17.5. The third-order valence-electron chi connectivity index (χ3n) is 1.57. The molecule has 5 nitrogen and oxygen atoms in total. The fraction of sp³-hybridized carbons (Fsp3) is 0.833. The number of hydrogen-bond donors (Lipinski definition) is 2. The third kappa shape index (κ3) is 2.36. The molecule has 0 spiro atoms. The fourth-order valence-electron chi connectivity index (χ4n) is 1.06. The lowest BCUT2D eigenvalue weighted by molar-refractivity contribution is -0.202. The number of carbonyl (C=O) groups is 1. The number of amides is 1. The maximum atomic E-state index is 10.8. The minimum atomic E-state index is -2.00. The van der Waals surface area contributed by atoms with Gasteiger partial charge in [0.1, 0.15) is 0 Å². The molecule has 0 unspecified atom stereocenters. The lowest BCUT2D eigenvalue weighted by Crippen LogP contribution is -2.31. The van der Waals surface area contributed by atoms with Crippen LogP contribution in [0.2, 0.25) is 0 Å². The smallest absolute Gasteiger partial charge is 0.394 e. The van der Waals surface area contributed by atoms with Gasteiger partial charge in [-0.3, -0.25) is 0 Å². The summed E-state index contributed by atoms with van der Waals surface area (Å²) >= 11 is 0. The fourth-order valence-corrected chi connectivity index (χ4v) is 1.06. The van der Waals surface area contributed by atoms with Gasteiger partial charge >= 0.3 is 12.6 Å². The van der Waals surface area contributed by atoms with Gasteiger partial charge < -0.3 is 19.8 Å². The van der Waals surface area contributed by atoms with Crippen molar-refractivity contribution in [2.75, 3.05) is 13.1 Å². The van der Waals surface area contributed by atoms with Gasteiger partial charge in [-0.05, 0) is 12.8 Å². The Hall–Kier alpha value is -0.810. The number of rotatable bonds is 1. The van der Waals surface area contributed by atoms with Gasteiger partial charge in [0.25, 0.3) is 0 Å². The molecule has 0 saturated carbocycles. The van der Waals surface area contributed by atoms with Crippen LogP contribution < -0.4 is 0 Å². The van der Waals surface area contributed by atoms with Crippen molar-refractivity contribution >= 4 is 6.09 Å². The molecule has 1 rings (SSSR count). The van der Waals surface area contributed by atoms with Crippen molar-refractivity contribution < 1.29 is 19.7 Å². The molecule has 11 heavy (non-hydrogen) atoms. The Bertz CT molecular complexity index is 142. The molecule has 0 bridgehead atoms. The first-order chi connectivity index (χ1) is 5.20. The van der Waals surface area contributed by atoms with Crippen molar-refractivity contribution in [2.24, 2.45) is 0 Å². The van der Waals surface area contributed by atoms with Crippen molar-refractivity contribution in [3.8, 4) is 0 Å². The number of likely N-dealkylation sites (tertiary alicyclic amines) is 1. The highest BCUT2D eigenvalue weighted by atomic mass is 16.8. The maximum Gasteiger partial charge on any atom is 0.413 e. The highest BCUT2D eigenvalue weighted by Gasteiger charge is 2.20. The standard InChI is InChI=1S/C6H11NO4/c8-5(11-6(9)10)7-3-1-2-4-7/h6,9-10H,1-4H2. The number of aliphatic hydroxyl groups excluding tert-OH is 1. The molecule has 64 valence electrons. The molecule has 1 heterocycles. The molecule has 1 aliphatic heterocycles. The van der Waals surface area contributed by atoms with Gasteiger partial charge in [-0.25, -0.2) is 4.79 Å². The second kappa shape index (κ2) is 3.54. The van der Waals surface area contributed by atoms with Gasteiger partial charge in [-0.2, -0.15) is 0 Å². The van der Waals surface area contributed by atoms with Gasteiger partial charge in [0, 0.05) is 13.1 Å². The number of carbonyl (C=O) groups excluding carboxylic acids is 1. The lowest BCUT2D eigenvalue weighted by Gasteiger charge is -2.15. The van der Waals surface area contributed by atoms with Gasteiger partial charge in [-0.1, -0.05) is 0 Å². The van der Waals surface area contributed by atoms with E-state index in [0.717, 1.165) is 12.8 Å². The van der Waals surface area contributed by atoms with Crippen LogP contribution in [0.25, 0.3) is 0 Å². The second-order valence-electron chi connectivity index (χ2n) is 2.40. The Balaban J connectivity index is 2.28. The van der Waals surface area contributed by atoms with Gasteiger partial charge in [0.15, 0.2) is 0 Å². The maximum absolute atomic E-state index is 10.8. The van der Waals surface area contributed by atoms with E-state index < -0.39 is 12.6 Å². The van der Waals surface area contributed by atoms with Crippen LogP contribution in [-0.4, -0.2) is 40.8 Å². The summed E-state index contributed by atoms with van der Waals surface area (Å²) in [6.45, 7) is -0.708. The first-order valence-electron chi connectivity index (χ1n) is 3.52. The molecule has 0 aliphatic carbocycles. The van der Waals surface area contributed by atoms with E-state index in [0.29, 0.717) is 13.1 Å². The molecule has 0 radical (unpaired) electrons. The van der Waals surface area contributed by atoms with Crippen molar-refractivity contribution in [3.63, 3.8) is 0 Å². The summed E-state index contributed by atoms with van der Waals surface area (Å²) in [5, 5.41) is 16.5. The van der Waals surface area contributed by atoms with E-state index in [1.54, 1.807) is 0 Å². The van der Waals surface area contributed by atoms with E-state index in [9.17, 15) is 4.79 Å². The largest absolute Gasteiger partial charge is 0.413 e. The number of aliphatic hydroxyl groups is 2. The number of hydrogen-bond acceptors (Lipinski definition) is 4. The number of nitrogens with zero attached hydrogens (tertiary/aromatic N) is 1. The Morgan fingerprint density at radius 2 is 1.91 bits per heavy atom. The summed E-state index contributed by atoms with van der Waals surface area (Å²) in [6, 6.07) is 0. The van der Waals surface area contributed by atoms with E-state index in [1.807, 2.05) is 0 Å². The van der Waals surface area contributed by atoms with E-state index in [1.165, 1.54) is 4.90 Å². The molecule has 1 fully saturated rings. The van der Waals surface area contributed by atoms with Crippen LogP contribution in [0.15, 0.2) is 0 Å². The quantitative estimate of drug-likeness (QED) is 0.508. The van der Waals surface area contributed by atoms with E-state index in [4.69, 9.17) is 10.2 Å². The monoisotopic (exact) mass is 161 g/mol. The van der Waals surface area contributed by atoms with Crippen LogP contribution in [0.3, 0.4) is 0 Å². The molecule has 2 N–H and O–H groups in total. The molecule has 1 saturated heterocycles. The topological polar surface area (TPSA) is 70.0 Å². The van der Waals surface area contributed by atoms with Crippen LogP contribution >= 0.6 is 0 Å². The van der Waals surface area contributed by atoms with Gasteiger partial charge in [0.05, 0.1) is 0 Å². The summed E-state index contributed by atoms with van der Waals surface area (Å²) in [5.41, 5.74) is 0. The molecule has 5 heteroatoms. The highest BCUT2D eigenvalue weighted by molar-refractivity contribution is 5.67. The summed E-state index contributed by atoms with van der Waals surface area (Å²) in [7, 11) is 0. The zero-order valence-electron chi connectivity index (χ0n) is 6.06. The summed E-state index contributed by atoms with van der Waals surface area (Å²) in [6.07, 6.45) is 1.25. The molecular weight excluding hydrogens is 150 g/mol. The van der Waals surface area contributed by atoms with Crippen molar-refractivity contribution in [1.82, 2.24) is 4.90 Å². The minimum Gasteiger partial charge on any atom is -0.394 e.